The lowest BCUT2D eigenvalue weighted by Crippen LogP contribution is -2.45. The number of benzene rings is 1. The number of amides is 2. The van der Waals surface area contributed by atoms with Crippen LogP contribution >= 0.6 is 0 Å². The molecule has 1 aliphatic heterocycles. The molecule has 1 aromatic carbocycles. The Balaban J connectivity index is 1.84. The van der Waals surface area contributed by atoms with Crippen LogP contribution in [0.3, 0.4) is 0 Å². The number of nitro benzene ring substituents is 1. The first-order valence-electron chi connectivity index (χ1n) is 9.43. The summed E-state index contributed by atoms with van der Waals surface area (Å²) < 4.78 is 9.84. The van der Waals surface area contributed by atoms with Crippen LogP contribution in [-0.4, -0.2) is 60.5 Å². The molecular weight excluding hydrogens is 382 g/mol. The minimum atomic E-state index is -0.764. The van der Waals surface area contributed by atoms with Crippen molar-refractivity contribution in [3.63, 3.8) is 0 Å². The van der Waals surface area contributed by atoms with Crippen LogP contribution in [0.4, 0.5) is 5.69 Å². The fraction of sp³-hybridized carbons (Fsp3) is 0.526. The van der Waals surface area contributed by atoms with E-state index in [4.69, 9.17) is 9.47 Å². The highest BCUT2D eigenvalue weighted by Gasteiger charge is 2.26. The standard InChI is InChI=1S/C19H25N3O7/c1-3-14-6-4-5-9-21(14)17(23)12-29-18(24)11-20-19(25)13-7-8-16(28-2)15(10-13)22(26)27/h7-8,10,14H,3-6,9,11-12H2,1-2H3,(H,20,25)/t14-/m0/s1. The molecule has 1 heterocycles. The molecule has 1 aromatic rings. The summed E-state index contributed by atoms with van der Waals surface area (Å²) in [5, 5.41) is 13.4. The molecule has 1 aliphatic rings. The number of nitro groups is 1. The molecule has 10 heteroatoms. The van der Waals surface area contributed by atoms with Crippen molar-refractivity contribution in [3.8, 4) is 5.75 Å². The van der Waals surface area contributed by atoms with Gasteiger partial charge in [-0.25, -0.2) is 0 Å². The van der Waals surface area contributed by atoms with Gasteiger partial charge in [-0.05, 0) is 37.8 Å². The second kappa shape index (κ2) is 10.4. The molecule has 0 unspecified atom stereocenters. The van der Waals surface area contributed by atoms with Crippen LogP contribution in [0.15, 0.2) is 18.2 Å². The molecule has 158 valence electrons. The third-order valence-corrected chi connectivity index (χ3v) is 4.81. The summed E-state index contributed by atoms with van der Waals surface area (Å²) in [6.45, 7) is 1.84. The van der Waals surface area contributed by atoms with Gasteiger partial charge in [0.25, 0.3) is 11.8 Å². The minimum Gasteiger partial charge on any atom is -0.490 e. The van der Waals surface area contributed by atoms with E-state index < -0.39 is 23.3 Å². The van der Waals surface area contributed by atoms with Gasteiger partial charge in [-0.15, -0.1) is 0 Å². The van der Waals surface area contributed by atoms with Gasteiger partial charge < -0.3 is 19.7 Å². The monoisotopic (exact) mass is 407 g/mol. The van der Waals surface area contributed by atoms with Crippen LogP contribution < -0.4 is 10.1 Å². The summed E-state index contributed by atoms with van der Waals surface area (Å²) in [5.41, 5.74) is -0.360. The number of ether oxygens (including phenoxy) is 2. The van der Waals surface area contributed by atoms with Crippen LogP contribution in [0.25, 0.3) is 0 Å². The van der Waals surface area contributed by atoms with Gasteiger partial charge >= 0.3 is 11.7 Å². The van der Waals surface area contributed by atoms with E-state index in [1.54, 1.807) is 4.90 Å². The number of hydrogen-bond donors (Lipinski definition) is 1. The van der Waals surface area contributed by atoms with E-state index in [0.29, 0.717) is 6.54 Å². The van der Waals surface area contributed by atoms with Crippen LogP contribution in [-0.2, 0) is 14.3 Å². The Kier molecular flexibility index (Phi) is 7.93. The largest absolute Gasteiger partial charge is 0.490 e. The summed E-state index contributed by atoms with van der Waals surface area (Å²) in [6, 6.07) is 3.87. The fourth-order valence-corrected chi connectivity index (χ4v) is 3.26. The quantitative estimate of drug-likeness (QED) is 0.394. The first-order chi connectivity index (χ1) is 13.9. The summed E-state index contributed by atoms with van der Waals surface area (Å²) in [4.78, 5) is 48.4. The first kappa shape index (κ1) is 22.1. The van der Waals surface area contributed by atoms with Gasteiger partial charge in [0, 0.05) is 24.2 Å². The Bertz CT molecular complexity index is 781. The van der Waals surface area contributed by atoms with Crippen molar-refractivity contribution in [2.24, 2.45) is 0 Å². The van der Waals surface area contributed by atoms with E-state index >= 15 is 0 Å². The predicted octanol–water partition coefficient (Wildman–Crippen LogP) is 1.67. The molecule has 0 aliphatic carbocycles. The molecule has 0 bridgehead atoms. The Morgan fingerprint density at radius 2 is 2.07 bits per heavy atom. The molecule has 10 nitrogen and oxygen atoms in total. The average molecular weight is 407 g/mol. The zero-order valence-electron chi connectivity index (χ0n) is 16.5. The Morgan fingerprint density at radius 3 is 2.72 bits per heavy atom. The lowest BCUT2D eigenvalue weighted by molar-refractivity contribution is -0.385. The van der Waals surface area contributed by atoms with Crippen molar-refractivity contribution < 1.29 is 28.8 Å². The van der Waals surface area contributed by atoms with E-state index in [0.717, 1.165) is 31.7 Å². The van der Waals surface area contributed by atoms with Crippen molar-refractivity contribution in [3.05, 3.63) is 33.9 Å². The second-order valence-electron chi connectivity index (χ2n) is 6.63. The van der Waals surface area contributed by atoms with Gasteiger partial charge in [0.2, 0.25) is 0 Å². The lowest BCUT2D eigenvalue weighted by atomic mass is 10.00. The van der Waals surface area contributed by atoms with Crippen molar-refractivity contribution in [2.75, 3.05) is 26.8 Å². The van der Waals surface area contributed by atoms with Crippen LogP contribution in [0.1, 0.15) is 43.0 Å². The van der Waals surface area contributed by atoms with Gasteiger partial charge in [0.05, 0.1) is 12.0 Å². The summed E-state index contributed by atoms with van der Waals surface area (Å²) in [7, 11) is 1.28. The highest BCUT2D eigenvalue weighted by atomic mass is 16.6. The number of nitrogens with zero attached hydrogens (tertiary/aromatic N) is 2. The molecule has 0 radical (unpaired) electrons. The molecule has 0 saturated carbocycles. The molecule has 0 spiro atoms. The van der Waals surface area contributed by atoms with E-state index in [9.17, 15) is 24.5 Å². The summed E-state index contributed by atoms with van der Waals surface area (Å²) in [5.74, 6) is -1.67. The normalized spacial score (nSPS) is 16.1. The molecule has 2 rings (SSSR count). The maximum atomic E-state index is 12.3. The smallest absolute Gasteiger partial charge is 0.325 e. The summed E-state index contributed by atoms with van der Waals surface area (Å²) >= 11 is 0. The zero-order valence-corrected chi connectivity index (χ0v) is 16.5. The molecule has 29 heavy (non-hydrogen) atoms. The van der Waals surface area contributed by atoms with Crippen molar-refractivity contribution in [1.29, 1.82) is 0 Å². The molecule has 1 fully saturated rings. The Hall–Kier alpha value is -3.17. The van der Waals surface area contributed by atoms with Gasteiger partial charge in [0.15, 0.2) is 12.4 Å². The SMILES string of the molecule is CC[C@H]1CCCCN1C(=O)COC(=O)CNC(=O)c1ccc(OC)c([N+](=O)[O-])c1. The topological polar surface area (TPSA) is 128 Å². The molecule has 1 saturated heterocycles. The van der Waals surface area contributed by atoms with E-state index in [-0.39, 0.29) is 35.6 Å². The number of piperidine rings is 1. The third-order valence-electron chi connectivity index (χ3n) is 4.81. The fourth-order valence-electron chi connectivity index (χ4n) is 3.26. The van der Waals surface area contributed by atoms with Gasteiger partial charge in [-0.1, -0.05) is 6.92 Å². The number of methoxy groups -OCH3 is 1. The number of likely N-dealkylation sites (tertiary alicyclic amines) is 1. The van der Waals surface area contributed by atoms with Gasteiger partial charge in [-0.2, -0.15) is 0 Å². The summed E-state index contributed by atoms with van der Waals surface area (Å²) in [6.07, 6.45) is 3.81. The molecular formula is C19H25N3O7. The van der Waals surface area contributed by atoms with E-state index in [1.807, 2.05) is 6.92 Å². The molecule has 2 amide bonds. The number of nitrogens with one attached hydrogen (secondary N) is 1. The van der Waals surface area contributed by atoms with E-state index in [1.165, 1.54) is 19.2 Å². The second-order valence-corrected chi connectivity index (χ2v) is 6.63. The molecule has 1 N–H and O–H groups in total. The molecule has 1 atom stereocenters. The average Bonchev–Trinajstić information content (AvgIpc) is 2.74. The lowest BCUT2D eigenvalue weighted by Gasteiger charge is -2.35. The maximum absolute atomic E-state index is 12.3. The minimum absolute atomic E-state index is 0.000445. The number of carbonyl (C=O) groups is 3. The Labute approximate surface area is 168 Å². The van der Waals surface area contributed by atoms with Crippen LogP contribution in [0.2, 0.25) is 0 Å². The predicted molar refractivity (Wildman–Crippen MR) is 103 cm³/mol. The van der Waals surface area contributed by atoms with Crippen molar-refractivity contribution >= 4 is 23.5 Å². The van der Waals surface area contributed by atoms with Gasteiger partial charge in [0.1, 0.15) is 6.54 Å². The van der Waals surface area contributed by atoms with Crippen LogP contribution in [0, 0.1) is 10.1 Å². The van der Waals surface area contributed by atoms with Crippen molar-refractivity contribution in [2.45, 2.75) is 38.6 Å². The Morgan fingerprint density at radius 1 is 1.31 bits per heavy atom. The highest BCUT2D eigenvalue weighted by Crippen LogP contribution is 2.27. The third kappa shape index (κ3) is 5.90. The molecule has 0 aromatic heterocycles. The number of carbonyl (C=O) groups excluding carboxylic acids is 3. The number of hydrogen-bond acceptors (Lipinski definition) is 7. The zero-order chi connectivity index (χ0) is 21.4. The highest BCUT2D eigenvalue weighted by molar-refractivity contribution is 5.97. The van der Waals surface area contributed by atoms with E-state index in [2.05, 4.69) is 5.32 Å². The van der Waals surface area contributed by atoms with Crippen molar-refractivity contribution in [1.82, 2.24) is 10.2 Å². The maximum Gasteiger partial charge on any atom is 0.325 e. The van der Waals surface area contributed by atoms with Crippen LogP contribution in [0.5, 0.6) is 5.75 Å². The number of rotatable bonds is 8. The van der Waals surface area contributed by atoms with Gasteiger partial charge in [-0.3, -0.25) is 24.5 Å². The number of esters is 1. The first-order valence-corrected chi connectivity index (χ1v) is 9.43.